The highest BCUT2D eigenvalue weighted by molar-refractivity contribution is 6.30. The summed E-state index contributed by atoms with van der Waals surface area (Å²) >= 11 is 6.14. The highest BCUT2D eigenvalue weighted by Gasteiger charge is 2.18. The van der Waals surface area contributed by atoms with E-state index in [0.717, 1.165) is 49.1 Å². The third-order valence-corrected chi connectivity index (χ3v) is 5.20. The van der Waals surface area contributed by atoms with Crippen LogP contribution >= 0.6 is 11.6 Å². The summed E-state index contributed by atoms with van der Waals surface area (Å²) in [6.45, 7) is 6.39. The molecule has 0 bridgehead atoms. The summed E-state index contributed by atoms with van der Waals surface area (Å²) in [6.07, 6.45) is 5.93. The lowest BCUT2D eigenvalue weighted by Crippen LogP contribution is -2.37. The highest BCUT2D eigenvalue weighted by Crippen LogP contribution is 2.26. The van der Waals surface area contributed by atoms with E-state index in [4.69, 9.17) is 16.3 Å². The molecule has 2 saturated heterocycles. The largest absolute Gasteiger partial charge is 0.491 e. The molecule has 1 N–H and O–H groups in total. The van der Waals surface area contributed by atoms with Crippen LogP contribution in [0.2, 0.25) is 5.02 Å². The predicted octanol–water partition coefficient (Wildman–Crippen LogP) is 3.16. The van der Waals surface area contributed by atoms with Crippen LogP contribution in [-0.4, -0.2) is 60.3 Å². The van der Waals surface area contributed by atoms with Crippen LogP contribution in [0.25, 0.3) is 0 Å². The molecule has 3 rings (SSSR count). The fourth-order valence-electron chi connectivity index (χ4n) is 3.45. The molecule has 0 aliphatic carbocycles. The van der Waals surface area contributed by atoms with Crippen molar-refractivity contribution in [2.75, 3.05) is 39.3 Å². The molecule has 0 spiro atoms. The third-order valence-electron chi connectivity index (χ3n) is 4.96. The van der Waals surface area contributed by atoms with E-state index >= 15 is 0 Å². The van der Waals surface area contributed by atoms with Crippen LogP contribution in [0.3, 0.4) is 0 Å². The molecule has 0 saturated carbocycles. The van der Waals surface area contributed by atoms with Crippen molar-refractivity contribution in [2.45, 2.75) is 44.8 Å². The number of rotatable bonds is 7. The van der Waals surface area contributed by atoms with Crippen molar-refractivity contribution in [3.63, 3.8) is 0 Å². The van der Waals surface area contributed by atoms with Crippen molar-refractivity contribution in [1.29, 1.82) is 0 Å². The maximum Gasteiger partial charge on any atom is 0.124 e. The molecule has 0 amide bonds. The highest BCUT2D eigenvalue weighted by atomic mass is 35.5. The molecular formula is C19H29ClN2O2. The zero-order valence-corrected chi connectivity index (χ0v) is 15.2. The van der Waals surface area contributed by atoms with Gasteiger partial charge in [0.2, 0.25) is 0 Å². The van der Waals surface area contributed by atoms with Gasteiger partial charge < -0.3 is 14.7 Å². The van der Waals surface area contributed by atoms with Gasteiger partial charge in [-0.25, -0.2) is 0 Å². The van der Waals surface area contributed by atoms with Crippen LogP contribution in [0.15, 0.2) is 18.2 Å². The van der Waals surface area contributed by atoms with Crippen LogP contribution in [0.1, 0.15) is 37.7 Å². The van der Waals surface area contributed by atoms with E-state index in [1.54, 1.807) is 0 Å². The molecule has 2 fully saturated rings. The fourth-order valence-corrected chi connectivity index (χ4v) is 3.64. The van der Waals surface area contributed by atoms with Crippen molar-refractivity contribution < 1.29 is 9.84 Å². The standard InChI is InChI=1S/C19H29ClN2O2/c20-17-6-7-19(16(12-17)13-21-10-5-11-21)24-15-18(23)14-22-8-3-1-2-4-9-22/h6-7,12,18,23H,1-5,8-11,13-15H2/t18-/m0/s1. The van der Waals surface area contributed by atoms with E-state index in [1.807, 2.05) is 18.2 Å². The summed E-state index contributed by atoms with van der Waals surface area (Å²) in [6, 6.07) is 5.77. The summed E-state index contributed by atoms with van der Waals surface area (Å²) in [7, 11) is 0. The second-order valence-electron chi connectivity index (χ2n) is 7.06. The smallest absolute Gasteiger partial charge is 0.124 e. The Hall–Kier alpha value is -0.810. The normalized spacial score (nSPS) is 21.1. The van der Waals surface area contributed by atoms with E-state index < -0.39 is 6.10 Å². The molecule has 1 aromatic carbocycles. The predicted molar refractivity (Wildman–Crippen MR) is 97.8 cm³/mol. The van der Waals surface area contributed by atoms with Crippen LogP contribution in [-0.2, 0) is 6.54 Å². The molecule has 0 aromatic heterocycles. The third kappa shape index (κ3) is 5.35. The molecule has 0 radical (unpaired) electrons. The Bertz CT molecular complexity index is 514. The number of likely N-dealkylation sites (tertiary alicyclic amines) is 2. The SMILES string of the molecule is O[C@H](COc1ccc(Cl)cc1CN1CCC1)CN1CCCCCC1. The number of β-amino-alcohol motifs (C(OH)–C–C–N with tert-alkyl or cyclic N) is 1. The van der Waals surface area contributed by atoms with Crippen LogP contribution in [0, 0.1) is 0 Å². The molecule has 1 atom stereocenters. The average molecular weight is 353 g/mol. The minimum Gasteiger partial charge on any atom is -0.491 e. The van der Waals surface area contributed by atoms with Gasteiger partial charge in [-0.1, -0.05) is 24.4 Å². The van der Waals surface area contributed by atoms with Gasteiger partial charge in [0.15, 0.2) is 0 Å². The minimum atomic E-state index is -0.448. The van der Waals surface area contributed by atoms with E-state index in [-0.39, 0.29) is 0 Å². The Morgan fingerprint density at radius 1 is 1.00 bits per heavy atom. The van der Waals surface area contributed by atoms with Gasteiger partial charge >= 0.3 is 0 Å². The molecule has 4 nitrogen and oxygen atoms in total. The molecule has 2 aliphatic rings. The topological polar surface area (TPSA) is 35.9 Å². The lowest BCUT2D eigenvalue weighted by Gasteiger charge is -2.31. The Morgan fingerprint density at radius 2 is 1.71 bits per heavy atom. The number of ether oxygens (including phenoxy) is 1. The molecule has 24 heavy (non-hydrogen) atoms. The molecule has 2 heterocycles. The Morgan fingerprint density at radius 3 is 2.38 bits per heavy atom. The summed E-state index contributed by atoms with van der Waals surface area (Å²) in [5.74, 6) is 0.848. The van der Waals surface area contributed by atoms with E-state index in [1.165, 1.54) is 32.1 Å². The number of aliphatic hydroxyl groups excluding tert-OH is 1. The average Bonchev–Trinajstić information content (AvgIpc) is 2.78. The van der Waals surface area contributed by atoms with Crippen LogP contribution in [0.5, 0.6) is 5.75 Å². The van der Waals surface area contributed by atoms with Gasteiger partial charge in [-0.05, 0) is 63.6 Å². The maximum atomic E-state index is 10.3. The number of aliphatic hydroxyl groups is 1. The molecule has 2 aliphatic heterocycles. The first-order chi connectivity index (χ1) is 11.7. The van der Waals surface area contributed by atoms with Gasteiger partial charge in [-0.3, -0.25) is 4.90 Å². The Labute approximate surface area is 150 Å². The van der Waals surface area contributed by atoms with Gasteiger partial charge in [0.05, 0.1) is 0 Å². The van der Waals surface area contributed by atoms with Gasteiger partial charge in [-0.15, -0.1) is 0 Å². The number of benzene rings is 1. The fraction of sp³-hybridized carbons (Fsp3) is 0.684. The molecular weight excluding hydrogens is 324 g/mol. The summed E-state index contributed by atoms with van der Waals surface area (Å²) in [4.78, 5) is 4.75. The quantitative estimate of drug-likeness (QED) is 0.817. The van der Waals surface area contributed by atoms with Crippen LogP contribution < -0.4 is 4.74 Å². The zero-order valence-electron chi connectivity index (χ0n) is 14.4. The van der Waals surface area contributed by atoms with Gasteiger partial charge in [-0.2, -0.15) is 0 Å². The zero-order chi connectivity index (χ0) is 16.8. The van der Waals surface area contributed by atoms with Crippen molar-refractivity contribution >= 4 is 11.6 Å². The lowest BCUT2D eigenvalue weighted by molar-refractivity contribution is 0.0683. The van der Waals surface area contributed by atoms with Crippen molar-refractivity contribution in [2.24, 2.45) is 0 Å². The second-order valence-corrected chi connectivity index (χ2v) is 7.50. The van der Waals surface area contributed by atoms with Gasteiger partial charge in [0, 0.05) is 23.7 Å². The number of hydrogen-bond acceptors (Lipinski definition) is 4. The molecule has 5 heteroatoms. The first kappa shape index (κ1) is 18.0. The first-order valence-corrected chi connectivity index (χ1v) is 9.62. The lowest BCUT2D eigenvalue weighted by atomic mass is 10.1. The van der Waals surface area contributed by atoms with Crippen molar-refractivity contribution in [3.05, 3.63) is 28.8 Å². The van der Waals surface area contributed by atoms with E-state index in [0.29, 0.717) is 13.2 Å². The molecule has 0 unspecified atom stereocenters. The van der Waals surface area contributed by atoms with Gasteiger partial charge in [0.1, 0.15) is 18.5 Å². The monoisotopic (exact) mass is 352 g/mol. The Kier molecular flexibility index (Phi) is 6.78. The van der Waals surface area contributed by atoms with Gasteiger partial charge in [0.25, 0.3) is 0 Å². The van der Waals surface area contributed by atoms with E-state index in [9.17, 15) is 5.11 Å². The summed E-state index contributed by atoms with van der Waals surface area (Å²) < 4.78 is 5.93. The molecule has 1 aromatic rings. The number of nitrogens with zero attached hydrogens (tertiary/aromatic N) is 2. The number of hydrogen-bond donors (Lipinski definition) is 1. The summed E-state index contributed by atoms with van der Waals surface area (Å²) in [5.41, 5.74) is 1.11. The first-order valence-electron chi connectivity index (χ1n) is 9.25. The summed E-state index contributed by atoms with van der Waals surface area (Å²) in [5, 5.41) is 11.1. The minimum absolute atomic E-state index is 0.338. The van der Waals surface area contributed by atoms with Crippen molar-refractivity contribution in [3.8, 4) is 5.75 Å². The number of halogens is 1. The van der Waals surface area contributed by atoms with Crippen LogP contribution in [0.4, 0.5) is 0 Å². The Balaban J connectivity index is 1.51. The maximum absolute atomic E-state index is 10.3. The molecule has 134 valence electrons. The van der Waals surface area contributed by atoms with E-state index in [2.05, 4.69) is 9.80 Å². The van der Waals surface area contributed by atoms with Crippen molar-refractivity contribution in [1.82, 2.24) is 9.80 Å². The second kappa shape index (κ2) is 9.04.